The molecule has 3 nitrogen and oxygen atoms in total. The lowest BCUT2D eigenvalue weighted by molar-refractivity contribution is -0.126. The van der Waals surface area contributed by atoms with E-state index in [1.54, 1.807) is 6.92 Å². The van der Waals surface area contributed by atoms with Crippen LogP contribution in [0.1, 0.15) is 153 Å². The molecule has 0 amide bonds. The van der Waals surface area contributed by atoms with E-state index in [1.807, 2.05) is 0 Å². The summed E-state index contributed by atoms with van der Waals surface area (Å²) < 4.78 is 0. The lowest BCUT2D eigenvalue weighted by Crippen LogP contribution is -2.54. The Balaban J connectivity index is 6.58. The van der Waals surface area contributed by atoms with Gasteiger partial charge in [-0.15, -0.1) is 0 Å². The molecule has 0 spiro atoms. The third-order valence-corrected chi connectivity index (χ3v) is 9.76. The molecule has 0 bridgehead atoms. The van der Waals surface area contributed by atoms with Gasteiger partial charge in [0.25, 0.3) is 0 Å². The summed E-state index contributed by atoms with van der Waals surface area (Å²) in [6, 6.07) is -0.477. The number of carbonyl (C=O) groups is 1. The molecular formula is C32H65NO2. The average Bonchev–Trinajstić information content (AvgIpc) is 2.79. The molecular weight excluding hydrogens is 430 g/mol. The molecule has 0 radical (unpaired) electrons. The minimum absolute atomic E-state index is 0.270. The average molecular weight is 496 g/mol. The Kier molecular flexibility index (Phi) is 17.0. The molecule has 210 valence electrons. The normalized spacial score (nSPS) is 16.7. The first-order valence-electron chi connectivity index (χ1n) is 15.4. The highest BCUT2D eigenvalue weighted by molar-refractivity contribution is 5.58. The van der Waals surface area contributed by atoms with Crippen molar-refractivity contribution in [3.63, 3.8) is 0 Å². The summed E-state index contributed by atoms with van der Waals surface area (Å²) in [5, 5.41) is 13.3. The molecule has 0 aromatic heterocycles. The lowest BCUT2D eigenvalue weighted by atomic mass is 9.43. The van der Waals surface area contributed by atoms with E-state index in [-0.39, 0.29) is 5.41 Å². The van der Waals surface area contributed by atoms with Crippen molar-refractivity contribution in [3.8, 4) is 0 Å². The molecule has 2 N–H and O–H groups in total. The monoisotopic (exact) mass is 496 g/mol. The fourth-order valence-electron chi connectivity index (χ4n) is 7.97. The van der Waals surface area contributed by atoms with Crippen molar-refractivity contribution < 1.29 is 9.90 Å². The van der Waals surface area contributed by atoms with Crippen molar-refractivity contribution in [2.75, 3.05) is 6.54 Å². The van der Waals surface area contributed by atoms with Crippen molar-refractivity contribution in [2.24, 2.45) is 28.1 Å². The number of rotatable bonds is 22. The predicted molar refractivity (Wildman–Crippen MR) is 155 cm³/mol. The predicted octanol–water partition coefficient (Wildman–Crippen LogP) is 8.97. The second kappa shape index (κ2) is 17.2. The van der Waals surface area contributed by atoms with Gasteiger partial charge < -0.3 is 15.2 Å². The van der Waals surface area contributed by atoms with Crippen molar-refractivity contribution in [1.29, 1.82) is 0 Å². The van der Waals surface area contributed by atoms with Gasteiger partial charge in [0.05, 0.1) is 12.1 Å². The van der Waals surface area contributed by atoms with E-state index in [0.717, 1.165) is 12.8 Å². The fraction of sp³-hybridized carbons (Fsp3) is 0.969. The summed E-state index contributed by atoms with van der Waals surface area (Å²) in [4.78, 5) is 11.4. The molecule has 3 heteroatoms. The SMILES string of the molecule is CCCC(CCC)(CCC)C(C)(CC(C)C(C)CNC(C=O)C(C)O)C(CCC)(CCC)CCC. The molecule has 0 aromatic rings. The summed E-state index contributed by atoms with van der Waals surface area (Å²) in [6.45, 7) is 24.4. The van der Waals surface area contributed by atoms with E-state index < -0.39 is 12.1 Å². The molecule has 0 aliphatic rings. The third kappa shape index (κ3) is 8.84. The Morgan fingerprint density at radius 3 is 1.29 bits per heavy atom. The molecule has 0 rings (SSSR count). The van der Waals surface area contributed by atoms with Gasteiger partial charge in [-0.25, -0.2) is 0 Å². The summed E-state index contributed by atoms with van der Waals surface area (Å²) in [7, 11) is 0. The standard InChI is InChI=1S/C32H65NO2/c1-11-17-31(18-12-2,19-13-3)30(10,32(20-14-4,21-15-5)22-16-6)23-26(7)27(8)24-33-29(25-34)28(9)35/h25-29,33,35H,11-24H2,1-10H3. The fourth-order valence-corrected chi connectivity index (χ4v) is 7.97. The van der Waals surface area contributed by atoms with E-state index in [2.05, 4.69) is 67.6 Å². The second-order valence-corrected chi connectivity index (χ2v) is 12.4. The van der Waals surface area contributed by atoms with Crippen LogP contribution in [-0.2, 0) is 4.79 Å². The van der Waals surface area contributed by atoms with Crippen LogP contribution < -0.4 is 5.32 Å². The number of hydrogen-bond acceptors (Lipinski definition) is 3. The van der Waals surface area contributed by atoms with E-state index in [0.29, 0.717) is 22.7 Å². The zero-order chi connectivity index (χ0) is 27.1. The van der Waals surface area contributed by atoms with Crippen molar-refractivity contribution in [3.05, 3.63) is 0 Å². The van der Waals surface area contributed by atoms with Gasteiger partial charge >= 0.3 is 0 Å². The minimum atomic E-state index is -0.655. The highest BCUT2D eigenvalue weighted by atomic mass is 16.3. The smallest absolute Gasteiger partial charge is 0.139 e. The highest BCUT2D eigenvalue weighted by Crippen LogP contribution is 2.66. The maximum Gasteiger partial charge on any atom is 0.139 e. The quantitative estimate of drug-likeness (QED) is 0.147. The van der Waals surface area contributed by atoms with Gasteiger partial charge in [0.15, 0.2) is 0 Å². The number of nitrogens with one attached hydrogen (secondary N) is 1. The number of aliphatic hydroxyl groups is 1. The van der Waals surface area contributed by atoms with E-state index in [1.165, 1.54) is 83.5 Å². The number of aliphatic hydroxyl groups excluding tert-OH is 1. The van der Waals surface area contributed by atoms with Crippen LogP contribution in [0.3, 0.4) is 0 Å². The van der Waals surface area contributed by atoms with Crippen LogP contribution in [-0.4, -0.2) is 30.1 Å². The summed E-state index contributed by atoms with van der Waals surface area (Å²) in [5.74, 6) is 0.990. The maximum atomic E-state index is 11.4. The molecule has 4 unspecified atom stereocenters. The molecule has 0 aliphatic carbocycles. The molecule has 0 heterocycles. The van der Waals surface area contributed by atoms with Gasteiger partial charge in [-0.1, -0.05) is 101 Å². The van der Waals surface area contributed by atoms with Gasteiger partial charge in [0.1, 0.15) is 6.29 Å². The van der Waals surface area contributed by atoms with Crippen molar-refractivity contribution in [2.45, 2.75) is 165 Å². The van der Waals surface area contributed by atoms with Gasteiger partial charge in [0.2, 0.25) is 0 Å². The minimum Gasteiger partial charge on any atom is -0.391 e. The molecule has 0 aromatic carbocycles. The number of hydrogen-bond donors (Lipinski definition) is 2. The van der Waals surface area contributed by atoms with Crippen LogP contribution in [0.15, 0.2) is 0 Å². The van der Waals surface area contributed by atoms with Crippen LogP contribution in [0, 0.1) is 28.1 Å². The van der Waals surface area contributed by atoms with Gasteiger partial charge in [-0.05, 0) is 86.5 Å². The third-order valence-electron chi connectivity index (χ3n) is 9.76. The van der Waals surface area contributed by atoms with Crippen molar-refractivity contribution in [1.82, 2.24) is 5.32 Å². The summed E-state index contributed by atoms with van der Waals surface area (Å²) in [5.41, 5.74) is 1.01. The Labute approximate surface area is 221 Å². The van der Waals surface area contributed by atoms with Gasteiger partial charge in [-0.2, -0.15) is 0 Å². The van der Waals surface area contributed by atoms with Crippen LogP contribution >= 0.6 is 0 Å². The van der Waals surface area contributed by atoms with Crippen LogP contribution in [0.25, 0.3) is 0 Å². The first kappa shape index (κ1) is 34.6. The van der Waals surface area contributed by atoms with Crippen LogP contribution in [0.2, 0.25) is 0 Å². The Morgan fingerprint density at radius 1 is 0.686 bits per heavy atom. The maximum absolute atomic E-state index is 11.4. The largest absolute Gasteiger partial charge is 0.391 e. The highest BCUT2D eigenvalue weighted by Gasteiger charge is 2.57. The lowest BCUT2D eigenvalue weighted by Gasteiger charge is -2.62. The van der Waals surface area contributed by atoms with Gasteiger partial charge in [-0.3, -0.25) is 0 Å². The summed E-state index contributed by atoms with van der Waals surface area (Å²) in [6.07, 6.45) is 17.0. The van der Waals surface area contributed by atoms with Crippen LogP contribution in [0.5, 0.6) is 0 Å². The second-order valence-electron chi connectivity index (χ2n) is 12.4. The molecule has 0 saturated carbocycles. The Morgan fingerprint density at radius 2 is 1.03 bits per heavy atom. The topological polar surface area (TPSA) is 49.3 Å². The molecule has 0 saturated heterocycles. The molecule has 0 aliphatic heterocycles. The molecule has 35 heavy (non-hydrogen) atoms. The first-order chi connectivity index (χ1) is 16.5. The van der Waals surface area contributed by atoms with E-state index in [4.69, 9.17) is 0 Å². The molecule has 4 atom stereocenters. The number of aldehydes is 1. The zero-order valence-electron chi connectivity index (χ0n) is 25.6. The van der Waals surface area contributed by atoms with Gasteiger partial charge in [0, 0.05) is 0 Å². The molecule has 0 fully saturated rings. The van der Waals surface area contributed by atoms with E-state index >= 15 is 0 Å². The zero-order valence-corrected chi connectivity index (χ0v) is 25.6. The van der Waals surface area contributed by atoms with Crippen molar-refractivity contribution >= 4 is 6.29 Å². The summed E-state index contributed by atoms with van der Waals surface area (Å²) >= 11 is 0. The first-order valence-corrected chi connectivity index (χ1v) is 15.4. The van der Waals surface area contributed by atoms with Crippen LogP contribution in [0.4, 0.5) is 0 Å². The van der Waals surface area contributed by atoms with E-state index in [9.17, 15) is 9.90 Å². The Hall–Kier alpha value is -0.410. The Bertz CT molecular complexity index is 484. The number of carbonyl (C=O) groups excluding carboxylic acids is 1.